The van der Waals surface area contributed by atoms with Crippen molar-refractivity contribution in [1.82, 2.24) is 0 Å². The second-order valence-electron chi connectivity index (χ2n) is 2.05. The van der Waals surface area contributed by atoms with Gasteiger partial charge in [-0.05, 0) is 17.2 Å². The van der Waals surface area contributed by atoms with Crippen molar-refractivity contribution >= 4 is 0 Å². The number of fused-ring (bicyclic) bond motifs is 1. The van der Waals surface area contributed by atoms with Crippen LogP contribution < -0.4 is 0 Å². The minimum Gasteiger partial charge on any atom is -0.392 e. The van der Waals surface area contributed by atoms with Gasteiger partial charge in [0.2, 0.25) is 0 Å². The summed E-state index contributed by atoms with van der Waals surface area (Å²) in [4.78, 5) is 0. The normalized spacial score (nSPS) is 9.30. The Hall–Kier alpha value is -1.08. The van der Waals surface area contributed by atoms with Crippen LogP contribution in [0.5, 0.6) is 0 Å². The minimum atomic E-state index is 0.0833. The number of rotatable bonds is 1. The van der Waals surface area contributed by atoms with Gasteiger partial charge in [0.05, 0.1) is 6.61 Å². The van der Waals surface area contributed by atoms with Crippen molar-refractivity contribution in [2.45, 2.75) is 0 Å². The lowest BCUT2D eigenvalue weighted by atomic mass is 10.6. The van der Waals surface area contributed by atoms with Gasteiger partial charge in [-0.2, -0.15) is 0 Å². The summed E-state index contributed by atoms with van der Waals surface area (Å²) in [6.07, 6.45) is 1.43. The number of aliphatic hydroxyl groups is 1. The van der Waals surface area contributed by atoms with E-state index >= 15 is 0 Å². The van der Waals surface area contributed by atoms with Crippen LogP contribution in [0.4, 0.5) is 0 Å². The van der Waals surface area contributed by atoms with Gasteiger partial charge in [0.25, 0.3) is 0 Å². The zero-order valence-corrected chi connectivity index (χ0v) is 5.75. The van der Waals surface area contributed by atoms with Crippen molar-refractivity contribution in [2.75, 3.05) is 6.61 Å². The smallest absolute Gasteiger partial charge is 0.0609 e. The second kappa shape index (κ2) is 3.18. The van der Waals surface area contributed by atoms with Crippen LogP contribution in [-0.4, -0.2) is 11.7 Å². The Morgan fingerprint density at radius 2 is 1.90 bits per heavy atom. The molecule has 0 amide bonds. The van der Waals surface area contributed by atoms with Crippen molar-refractivity contribution in [3.05, 3.63) is 36.9 Å². The predicted molar refractivity (Wildman–Crippen MR) is 42.7 cm³/mol. The summed E-state index contributed by atoms with van der Waals surface area (Å²) < 4.78 is 0. The third-order valence-corrected chi connectivity index (χ3v) is 1.24. The number of aliphatic hydroxyl groups excluding tert-OH is 1. The first-order valence-corrected chi connectivity index (χ1v) is 3.20. The van der Waals surface area contributed by atoms with Crippen LogP contribution in [0.3, 0.4) is 0 Å². The van der Waals surface area contributed by atoms with Crippen molar-refractivity contribution in [1.29, 1.82) is 0 Å². The number of hydrogen-bond acceptors (Lipinski definition) is 1. The molecule has 0 unspecified atom stereocenters. The maximum Gasteiger partial charge on any atom is 0.0609 e. The van der Waals surface area contributed by atoms with E-state index in [2.05, 4.69) is 30.8 Å². The first-order chi connectivity index (χ1) is 4.88. The molecule has 1 heteroatoms. The van der Waals surface area contributed by atoms with Crippen LogP contribution in [0, 0.1) is 0 Å². The fourth-order valence-corrected chi connectivity index (χ4v) is 0.676. The molecule has 0 atom stereocenters. The van der Waals surface area contributed by atoms with Gasteiger partial charge in [0.1, 0.15) is 0 Å². The number of benzene rings is 1. The summed E-state index contributed by atoms with van der Waals surface area (Å²) in [5.41, 5.74) is 2.85. The van der Waals surface area contributed by atoms with Crippen LogP contribution >= 0.6 is 0 Å². The Morgan fingerprint density at radius 3 is 2.00 bits per heavy atom. The van der Waals surface area contributed by atoms with Gasteiger partial charge < -0.3 is 5.11 Å². The first-order valence-electron chi connectivity index (χ1n) is 3.20. The molecule has 2 aliphatic carbocycles. The largest absolute Gasteiger partial charge is 0.392 e. The molecule has 1 nitrogen and oxygen atoms in total. The highest BCUT2D eigenvalue weighted by Gasteiger charge is 2.06. The van der Waals surface area contributed by atoms with Crippen LogP contribution in [-0.2, 0) is 0 Å². The molecule has 10 heavy (non-hydrogen) atoms. The molecule has 0 aromatic rings. The fraction of sp³-hybridized carbons (Fsp3) is 0.111. The third kappa shape index (κ3) is 1.71. The average molecular weight is 134 g/mol. The van der Waals surface area contributed by atoms with Gasteiger partial charge in [-0.3, -0.25) is 0 Å². The molecule has 0 aromatic carbocycles. The van der Waals surface area contributed by atoms with E-state index in [9.17, 15) is 0 Å². The quantitative estimate of drug-likeness (QED) is 0.590. The van der Waals surface area contributed by atoms with Crippen LogP contribution in [0.2, 0.25) is 0 Å². The molecule has 0 radical (unpaired) electrons. The summed E-state index contributed by atoms with van der Waals surface area (Å²) in [6.45, 7) is 3.31. The van der Waals surface area contributed by atoms with E-state index in [1.54, 1.807) is 0 Å². The molecule has 52 valence electrons. The van der Waals surface area contributed by atoms with Crippen LogP contribution in [0.1, 0.15) is 0 Å². The van der Waals surface area contributed by atoms with Crippen molar-refractivity contribution in [3.8, 4) is 11.1 Å². The third-order valence-electron chi connectivity index (χ3n) is 1.24. The average Bonchev–Trinajstić information content (AvgIpc) is 2.60. The summed E-state index contributed by atoms with van der Waals surface area (Å²) in [5.74, 6) is 0. The van der Waals surface area contributed by atoms with E-state index in [-0.39, 0.29) is 6.61 Å². The molecular formula is C9H10O. The van der Waals surface area contributed by atoms with Gasteiger partial charge in [-0.25, -0.2) is 0 Å². The Labute approximate surface area is 60.6 Å². The van der Waals surface area contributed by atoms with Gasteiger partial charge in [-0.15, -0.1) is 6.58 Å². The zero-order valence-electron chi connectivity index (χ0n) is 5.75. The van der Waals surface area contributed by atoms with Crippen molar-refractivity contribution in [2.24, 2.45) is 0 Å². The molecule has 0 saturated heterocycles. The lowest BCUT2D eigenvalue weighted by molar-refractivity contribution is 0.343. The highest BCUT2D eigenvalue weighted by atomic mass is 16.2. The van der Waals surface area contributed by atoms with Gasteiger partial charge in [-0.1, -0.05) is 24.3 Å². The summed E-state index contributed by atoms with van der Waals surface area (Å²) >= 11 is 0. The Kier molecular flexibility index (Phi) is 2.24. The molecule has 0 heterocycles. The fourth-order valence-electron chi connectivity index (χ4n) is 0.676. The second-order valence-corrected chi connectivity index (χ2v) is 2.05. The highest BCUT2D eigenvalue weighted by molar-refractivity contribution is 5.80. The summed E-state index contributed by atoms with van der Waals surface area (Å²) in [5, 5.41) is 7.76. The SMILES string of the molecule is C=CCO.c1cc2cc-2c1. The summed E-state index contributed by atoms with van der Waals surface area (Å²) in [7, 11) is 0. The molecule has 0 spiro atoms. The molecule has 0 aliphatic heterocycles. The molecular weight excluding hydrogens is 124 g/mol. The maximum atomic E-state index is 7.76. The van der Waals surface area contributed by atoms with Crippen LogP contribution in [0.25, 0.3) is 11.1 Å². The molecule has 2 rings (SSSR count). The molecule has 2 aliphatic rings. The van der Waals surface area contributed by atoms with E-state index < -0.39 is 0 Å². The monoisotopic (exact) mass is 134 g/mol. The minimum absolute atomic E-state index is 0.0833. The Morgan fingerprint density at radius 1 is 1.40 bits per heavy atom. The van der Waals surface area contributed by atoms with Gasteiger partial charge in [0.15, 0.2) is 0 Å². The first kappa shape index (κ1) is 7.03. The van der Waals surface area contributed by atoms with Gasteiger partial charge in [0, 0.05) is 0 Å². The Bertz CT molecular complexity index is 211. The molecule has 0 fully saturated rings. The standard InChI is InChI=1S/C6H4.C3H6O/c1-2-5-4-6(5)3-1;1-2-3-4/h1-4H;2,4H,1,3H2. The lowest BCUT2D eigenvalue weighted by Gasteiger charge is -1.60. The van der Waals surface area contributed by atoms with Gasteiger partial charge >= 0.3 is 0 Å². The number of hydrogen-bond donors (Lipinski definition) is 1. The van der Waals surface area contributed by atoms with Crippen LogP contribution in [0.15, 0.2) is 36.9 Å². The molecule has 0 bridgehead atoms. The lowest BCUT2D eigenvalue weighted by Crippen LogP contribution is -1.62. The maximum absolute atomic E-state index is 7.76. The van der Waals surface area contributed by atoms with E-state index in [1.165, 1.54) is 17.2 Å². The topological polar surface area (TPSA) is 20.2 Å². The zero-order chi connectivity index (χ0) is 7.40. The predicted octanol–water partition coefficient (Wildman–Crippen LogP) is 1.83. The summed E-state index contributed by atoms with van der Waals surface area (Å²) in [6, 6.07) is 8.48. The molecule has 0 saturated carbocycles. The van der Waals surface area contributed by atoms with E-state index in [0.717, 1.165) is 0 Å². The molecule has 1 N–H and O–H groups in total. The van der Waals surface area contributed by atoms with Crippen molar-refractivity contribution < 1.29 is 5.11 Å². The van der Waals surface area contributed by atoms with E-state index in [0.29, 0.717) is 0 Å². The Balaban J connectivity index is 0.000000112. The van der Waals surface area contributed by atoms with E-state index in [4.69, 9.17) is 5.11 Å². The van der Waals surface area contributed by atoms with Crippen molar-refractivity contribution in [3.63, 3.8) is 0 Å². The van der Waals surface area contributed by atoms with E-state index in [1.807, 2.05) is 0 Å². The highest BCUT2D eigenvalue weighted by Crippen LogP contribution is 2.32. The molecule has 0 aromatic heterocycles.